The van der Waals surface area contributed by atoms with Crippen molar-refractivity contribution in [1.82, 2.24) is 4.90 Å². The summed E-state index contributed by atoms with van der Waals surface area (Å²) in [6.45, 7) is 2.70. The zero-order valence-electron chi connectivity index (χ0n) is 9.45. The van der Waals surface area contributed by atoms with Crippen molar-refractivity contribution in [3.05, 3.63) is 0 Å². The van der Waals surface area contributed by atoms with Gasteiger partial charge in [-0.2, -0.15) is 0 Å². The van der Waals surface area contributed by atoms with E-state index < -0.39 is 0 Å². The number of rotatable bonds is 4. The van der Waals surface area contributed by atoms with Crippen molar-refractivity contribution < 1.29 is 4.79 Å². The lowest BCUT2D eigenvalue weighted by Crippen LogP contribution is -2.40. The minimum atomic E-state index is 0.388. The molecule has 3 nitrogen and oxygen atoms in total. The van der Waals surface area contributed by atoms with Crippen LogP contribution >= 0.6 is 0 Å². The van der Waals surface area contributed by atoms with E-state index in [-0.39, 0.29) is 0 Å². The summed E-state index contributed by atoms with van der Waals surface area (Å²) in [6, 6.07) is 0. The molecule has 1 amide bonds. The number of hydrogen-bond acceptors (Lipinski definition) is 2. The Balaban J connectivity index is 1.77. The number of nitrogens with two attached hydrogens (primary N) is 1. The van der Waals surface area contributed by atoms with E-state index in [2.05, 4.69) is 4.90 Å². The first kappa shape index (κ1) is 10.9. The Kier molecular flexibility index (Phi) is 3.62. The van der Waals surface area contributed by atoms with Gasteiger partial charge in [-0.25, -0.2) is 0 Å². The van der Waals surface area contributed by atoms with Gasteiger partial charge in [0.1, 0.15) is 0 Å². The third-order valence-electron chi connectivity index (χ3n) is 3.61. The first-order valence-corrected chi connectivity index (χ1v) is 6.27. The van der Waals surface area contributed by atoms with Gasteiger partial charge in [0.2, 0.25) is 5.91 Å². The average molecular weight is 210 g/mol. The van der Waals surface area contributed by atoms with Gasteiger partial charge in [0.15, 0.2) is 0 Å². The second-order valence-electron chi connectivity index (χ2n) is 5.07. The van der Waals surface area contributed by atoms with Gasteiger partial charge in [0.05, 0.1) is 0 Å². The Labute approximate surface area is 92.0 Å². The van der Waals surface area contributed by atoms with E-state index in [0.29, 0.717) is 17.7 Å². The van der Waals surface area contributed by atoms with Crippen LogP contribution in [-0.4, -0.2) is 30.4 Å². The van der Waals surface area contributed by atoms with E-state index in [1.807, 2.05) is 0 Å². The van der Waals surface area contributed by atoms with Crippen LogP contribution in [0.1, 0.15) is 38.5 Å². The quantitative estimate of drug-likeness (QED) is 0.762. The largest absolute Gasteiger partial charge is 0.342 e. The molecule has 2 aliphatic rings. The molecule has 2 N–H and O–H groups in total. The molecule has 1 aliphatic carbocycles. The van der Waals surface area contributed by atoms with Crippen molar-refractivity contribution in [3.63, 3.8) is 0 Å². The van der Waals surface area contributed by atoms with Crippen molar-refractivity contribution in [1.29, 1.82) is 0 Å². The SMILES string of the molecule is NCCC1CCCN(C(=O)CC2CC2)C1. The second kappa shape index (κ2) is 4.97. The van der Waals surface area contributed by atoms with Crippen LogP contribution in [0.4, 0.5) is 0 Å². The van der Waals surface area contributed by atoms with Gasteiger partial charge in [0, 0.05) is 19.5 Å². The standard InChI is InChI=1S/C12H22N2O/c13-6-5-11-2-1-7-14(9-11)12(15)8-10-3-4-10/h10-11H,1-9,13H2. The van der Waals surface area contributed by atoms with Crippen LogP contribution in [-0.2, 0) is 4.79 Å². The molecule has 1 heterocycles. The lowest BCUT2D eigenvalue weighted by Gasteiger charge is -2.32. The first-order chi connectivity index (χ1) is 7.29. The Bertz CT molecular complexity index is 224. The number of carbonyl (C=O) groups excluding carboxylic acids is 1. The van der Waals surface area contributed by atoms with E-state index in [1.54, 1.807) is 0 Å². The average Bonchev–Trinajstić information content (AvgIpc) is 3.03. The van der Waals surface area contributed by atoms with Gasteiger partial charge in [-0.05, 0) is 50.5 Å². The molecule has 1 aliphatic heterocycles. The van der Waals surface area contributed by atoms with Crippen LogP contribution in [0.3, 0.4) is 0 Å². The molecule has 2 fully saturated rings. The molecule has 0 aromatic carbocycles. The van der Waals surface area contributed by atoms with E-state index in [0.717, 1.165) is 32.5 Å². The lowest BCUT2D eigenvalue weighted by atomic mass is 9.94. The summed E-state index contributed by atoms with van der Waals surface area (Å²) >= 11 is 0. The van der Waals surface area contributed by atoms with Gasteiger partial charge in [0.25, 0.3) is 0 Å². The topological polar surface area (TPSA) is 46.3 Å². The van der Waals surface area contributed by atoms with E-state index >= 15 is 0 Å². The van der Waals surface area contributed by atoms with Crippen molar-refractivity contribution in [2.75, 3.05) is 19.6 Å². The van der Waals surface area contributed by atoms with E-state index in [1.165, 1.54) is 25.7 Å². The number of carbonyl (C=O) groups is 1. The highest BCUT2D eigenvalue weighted by Crippen LogP contribution is 2.33. The van der Waals surface area contributed by atoms with Crippen molar-refractivity contribution in [2.24, 2.45) is 17.6 Å². The fraction of sp³-hybridized carbons (Fsp3) is 0.917. The van der Waals surface area contributed by atoms with Gasteiger partial charge in [-0.3, -0.25) is 4.79 Å². The molecule has 0 aromatic rings. The van der Waals surface area contributed by atoms with Crippen LogP contribution in [0.25, 0.3) is 0 Å². The van der Waals surface area contributed by atoms with Gasteiger partial charge < -0.3 is 10.6 Å². The van der Waals surface area contributed by atoms with Crippen LogP contribution < -0.4 is 5.73 Å². The summed E-state index contributed by atoms with van der Waals surface area (Å²) in [5.74, 6) is 1.76. The normalized spacial score (nSPS) is 26.7. The second-order valence-corrected chi connectivity index (χ2v) is 5.07. The Morgan fingerprint density at radius 3 is 2.73 bits per heavy atom. The monoisotopic (exact) mass is 210 g/mol. The molecular weight excluding hydrogens is 188 g/mol. The molecule has 86 valence electrons. The van der Waals surface area contributed by atoms with Gasteiger partial charge >= 0.3 is 0 Å². The highest BCUT2D eigenvalue weighted by atomic mass is 16.2. The first-order valence-electron chi connectivity index (χ1n) is 6.27. The van der Waals surface area contributed by atoms with Crippen LogP contribution in [0.2, 0.25) is 0 Å². The predicted molar refractivity (Wildman–Crippen MR) is 60.3 cm³/mol. The minimum Gasteiger partial charge on any atom is -0.342 e. The zero-order valence-corrected chi connectivity index (χ0v) is 9.45. The molecule has 15 heavy (non-hydrogen) atoms. The molecule has 0 radical (unpaired) electrons. The molecule has 1 atom stereocenters. The van der Waals surface area contributed by atoms with Crippen molar-refractivity contribution in [2.45, 2.75) is 38.5 Å². The molecule has 0 spiro atoms. The molecule has 0 bridgehead atoms. The number of piperidine rings is 1. The zero-order chi connectivity index (χ0) is 10.7. The summed E-state index contributed by atoms with van der Waals surface area (Å²) in [6.07, 6.45) is 6.84. The number of likely N-dealkylation sites (tertiary alicyclic amines) is 1. The molecule has 2 rings (SSSR count). The summed E-state index contributed by atoms with van der Waals surface area (Å²) in [7, 11) is 0. The maximum absolute atomic E-state index is 11.9. The summed E-state index contributed by atoms with van der Waals surface area (Å²) < 4.78 is 0. The summed E-state index contributed by atoms with van der Waals surface area (Å²) in [4.78, 5) is 14.0. The number of nitrogens with zero attached hydrogens (tertiary/aromatic N) is 1. The predicted octanol–water partition coefficient (Wildman–Crippen LogP) is 1.37. The molecular formula is C12H22N2O. The fourth-order valence-electron chi connectivity index (χ4n) is 2.46. The van der Waals surface area contributed by atoms with E-state index in [9.17, 15) is 4.79 Å². The van der Waals surface area contributed by atoms with Crippen molar-refractivity contribution in [3.8, 4) is 0 Å². The third-order valence-corrected chi connectivity index (χ3v) is 3.61. The van der Waals surface area contributed by atoms with Crippen LogP contribution in [0.15, 0.2) is 0 Å². The maximum Gasteiger partial charge on any atom is 0.222 e. The smallest absolute Gasteiger partial charge is 0.222 e. The van der Waals surface area contributed by atoms with Crippen LogP contribution in [0, 0.1) is 11.8 Å². The minimum absolute atomic E-state index is 0.388. The van der Waals surface area contributed by atoms with E-state index in [4.69, 9.17) is 5.73 Å². The summed E-state index contributed by atoms with van der Waals surface area (Å²) in [5.41, 5.74) is 5.57. The van der Waals surface area contributed by atoms with Crippen LogP contribution in [0.5, 0.6) is 0 Å². The Morgan fingerprint density at radius 2 is 2.07 bits per heavy atom. The highest BCUT2D eigenvalue weighted by Gasteiger charge is 2.29. The number of hydrogen-bond donors (Lipinski definition) is 1. The summed E-state index contributed by atoms with van der Waals surface area (Å²) in [5, 5.41) is 0. The molecule has 1 saturated carbocycles. The third kappa shape index (κ3) is 3.20. The Morgan fingerprint density at radius 1 is 1.27 bits per heavy atom. The Hall–Kier alpha value is -0.570. The maximum atomic E-state index is 11.9. The number of amides is 1. The highest BCUT2D eigenvalue weighted by molar-refractivity contribution is 5.76. The van der Waals surface area contributed by atoms with Gasteiger partial charge in [-0.15, -0.1) is 0 Å². The van der Waals surface area contributed by atoms with Crippen molar-refractivity contribution >= 4 is 5.91 Å². The molecule has 1 saturated heterocycles. The molecule has 3 heteroatoms. The molecule has 1 unspecified atom stereocenters. The lowest BCUT2D eigenvalue weighted by molar-refractivity contribution is -0.133. The molecule has 0 aromatic heterocycles. The fourth-order valence-corrected chi connectivity index (χ4v) is 2.46. The van der Waals surface area contributed by atoms with Gasteiger partial charge in [-0.1, -0.05) is 0 Å².